The minimum Gasteiger partial charge on any atom is -0.381 e. The summed E-state index contributed by atoms with van der Waals surface area (Å²) in [6.45, 7) is 2.28. The van der Waals surface area contributed by atoms with E-state index in [0.29, 0.717) is 11.7 Å². The second-order valence-corrected chi connectivity index (χ2v) is 8.37. The third-order valence-corrected chi connectivity index (χ3v) is 6.19. The standard InChI is InChI=1S/C22H24ClN7O2/c1-24-22(31)20-17(10-19(23)27-28-20)26-16-5-3-4-14-15-11-25-30(13-6-8-32-9-7-13)18(15)12-29(2)21(14)16/h3-5,10-11,13H,6-9,12H2,1-2H3,(H,24,31)(H,26,27). The van der Waals surface area contributed by atoms with Crippen molar-refractivity contribution in [2.24, 2.45) is 0 Å². The molecule has 0 radical (unpaired) electrons. The first kappa shape index (κ1) is 20.7. The van der Waals surface area contributed by atoms with Crippen molar-refractivity contribution in [3.63, 3.8) is 0 Å². The first-order valence-corrected chi connectivity index (χ1v) is 11.0. The molecule has 9 nitrogen and oxygen atoms in total. The fourth-order valence-electron chi connectivity index (χ4n) is 4.49. The lowest BCUT2D eigenvalue weighted by Gasteiger charge is -2.32. The van der Waals surface area contributed by atoms with E-state index in [-0.39, 0.29) is 16.8 Å². The molecule has 0 bridgehead atoms. The summed E-state index contributed by atoms with van der Waals surface area (Å²) < 4.78 is 7.70. The van der Waals surface area contributed by atoms with Gasteiger partial charge in [0.15, 0.2) is 10.8 Å². The molecule has 0 spiro atoms. The highest BCUT2D eigenvalue weighted by Crippen LogP contribution is 2.44. The number of carbonyl (C=O) groups is 1. The normalized spacial score (nSPS) is 15.8. The van der Waals surface area contributed by atoms with E-state index >= 15 is 0 Å². The minimum absolute atomic E-state index is 0.181. The first-order chi connectivity index (χ1) is 15.6. The predicted molar refractivity (Wildman–Crippen MR) is 123 cm³/mol. The van der Waals surface area contributed by atoms with Crippen molar-refractivity contribution in [3.05, 3.63) is 47.0 Å². The highest BCUT2D eigenvalue weighted by Gasteiger charge is 2.29. The van der Waals surface area contributed by atoms with Crippen molar-refractivity contribution in [2.45, 2.75) is 25.4 Å². The molecule has 1 fully saturated rings. The summed E-state index contributed by atoms with van der Waals surface area (Å²) in [6.07, 6.45) is 3.91. The number of fused-ring (bicyclic) bond motifs is 3. The molecule has 4 heterocycles. The number of anilines is 3. The number of carbonyl (C=O) groups excluding carboxylic acids is 1. The molecule has 166 valence electrons. The number of hydrogen-bond acceptors (Lipinski definition) is 7. The highest BCUT2D eigenvalue weighted by atomic mass is 35.5. The van der Waals surface area contributed by atoms with Gasteiger partial charge in [0.1, 0.15) is 0 Å². The van der Waals surface area contributed by atoms with Gasteiger partial charge >= 0.3 is 0 Å². The van der Waals surface area contributed by atoms with Gasteiger partial charge in [0, 0.05) is 44.5 Å². The smallest absolute Gasteiger partial charge is 0.273 e. The van der Waals surface area contributed by atoms with E-state index in [0.717, 1.165) is 55.1 Å². The van der Waals surface area contributed by atoms with Crippen molar-refractivity contribution in [1.29, 1.82) is 0 Å². The second kappa shape index (κ2) is 8.40. The number of benzene rings is 1. The van der Waals surface area contributed by atoms with Gasteiger partial charge in [-0.3, -0.25) is 9.48 Å². The number of halogens is 1. The predicted octanol–water partition coefficient (Wildman–Crippen LogP) is 3.40. The van der Waals surface area contributed by atoms with Crippen molar-refractivity contribution in [1.82, 2.24) is 25.3 Å². The summed E-state index contributed by atoms with van der Waals surface area (Å²) in [5, 5.41) is 18.7. The Bertz CT molecular complexity index is 1170. The average Bonchev–Trinajstić information content (AvgIpc) is 3.23. The number of hydrogen-bond donors (Lipinski definition) is 2. The van der Waals surface area contributed by atoms with Crippen LogP contribution in [0.1, 0.15) is 35.1 Å². The van der Waals surface area contributed by atoms with Gasteiger partial charge in [0.2, 0.25) is 0 Å². The largest absolute Gasteiger partial charge is 0.381 e. The Morgan fingerprint density at radius 2 is 2.00 bits per heavy atom. The number of nitrogens with zero attached hydrogens (tertiary/aromatic N) is 5. The maximum absolute atomic E-state index is 12.3. The van der Waals surface area contributed by atoms with E-state index in [4.69, 9.17) is 21.4 Å². The van der Waals surface area contributed by atoms with Crippen molar-refractivity contribution in [2.75, 3.05) is 37.5 Å². The Morgan fingerprint density at radius 3 is 2.78 bits per heavy atom. The van der Waals surface area contributed by atoms with Gasteiger partial charge in [0.25, 0.3) is 5.91 Å². The first-order valence-electron chi connectivity index (χ1n) is 10.6. The van der Waals surface area contributed by atoms with Crippen LogP contribution in [0.15, 0.2) is 30.5 Å². The van der Waals surface area contributed by atoms with Gasteiger partial charge in [-0.25, -0.2) is 0 Å². The van der Waals surface area contributed by atoms with E-state index in [9.17, 15) is 4.79 Å². The maximum Gasteiger partial charge on any atom is 0.273 e. The highest BCUT2D eigenvalue weighted by molar-refractivity contribution is 6.29. The topological polar surface area (TPSA) is 97.2 Å². The maximum atomic E-state index is 12.3. The lowest BCUT2D eigenvalue weighted by atomic mass is 9.97. The number of nitrogens with one attached hydrogen (secondary N) is 2. The fourth-order valence-corrected chi connectivity index (χ4v) is 4.63. The Balaban J connectivity index is 1.55. The van der Waals surface area contributed by atoms with Gasteiger partial charge in [-0.05, 0) is 18.9 Å². The number of amides is 1. The van der Waals surface area contributed by atoms with E-state index in [1.807, 2.05) is 18.3 Å². The van der Waals surface area contributed by atoms with Crippen LogP contribution in [0.3, 0.4) is 0 Å². The van der Waals surface area contributed by atoms with Gasteiger partial charge < -0.3 is 20.3 Å². The molecule has 1 amide bonds. The summed E-state index contributed by atoms with van der Waals surface area (Å²) in [4.78, 5) is 14.5. The molecule has 3 aromatic rings. The molecule has 0 atom stereocenters. The molecule has 0 saturated carbocycles. The van der Waals surface area contributed by atoms with Crippen LogP contribution in [0, 0.1) is 0 Å². The van der Waals surface area contributed by atoms with Gasteiger partial charge in [-0.1, -0.05) is 23.7 Å². The molecular weight excluding hydrogens is 430 g/mol. The summed E-state index contributed by atoms with van der Waals surface area (Å²) in [5.74, 6) is -0.338. The summed E-state index contributed by atoms with van der Waals surface area (Å²) in [7, 11) is 3.61. The second-order valence-electron chi connectivity index (χ2n) is 7.98. The third-order valence-electron chi connectivity index (χ3n) is 6.01. The SMILES string of the molecule is CNC(=O)c1nnc(Cl)cc1Nc1cccc2c1N(C)Cc1c-2cnn1C1CCOCC1. The molecule has 0 unspecified atom stereocenters. The van der Waals surface area contributed by atoms with Crippen LogP contribution in [0.25, 0.3) is 11.1 Å². The molecule has 2 aliphatic heterocycles. The average molecular weight is 454 g/mol. The summed E-state index contributed by atoms with van der Waals surface area (Å²) in [6, 6.07) is 8.04. The van der Waals surface area contributed by atoms with E-state index < -0.39 is 0 Å². The molecule has 1 saturated heterocycles. The molecule has 1 aromatic carbocycles. The molecule has 2 aliphatic rings. The zero-order chi connectivity index (χ0) is 22.2. The van der Waals surface area contributed by atoms with Crippen molar-refractivity contribution >= 4 is 34.6 Å². The molecule has 32 heavy (non-hydrogen) atoms. The third kappa shape index (κ3) is 3.57. The van der Waals surface area contributed by atoms with Crippen LogP contribution in [0.2, 0.25) is 5.15 Å². The monoisotopic (exact) mass is 453 g/mol. The number of ether oxygens (including phenoxy) is 1. The molecule has 10 heteroatoms. The zero-order valence-electron chi connectivity index (χ0n) is 17.9. The molecule has 2 aromatic heterocycles. The Morgan fingerprint density at radius 1 is 1.19 bits per heavy atom. The summed E-state index contributed by atoms with van der Waals surface area (Å²) >= 11 is 6.07. The van der Waals surface area contributed by atoms with E-state index in [2.05, 4.69) is 43.5 Å². The van der Waals surface area contributed by atoms with Crippen LogP contribution in [-0.2, 0) is 11.3 Å². The lowest BCUT2D eigenvalue weighted by molar-refractivity contribution is 0.0654. The van der Waals surface area contributed by atoms with Gasteiger partial charge in [-0.2, -0.15) is 5.10 Å². The molecule has 2 N–H and O–H groups in total. The molecule has 5 rings (SSSR count). The Labute approximate surface area is 190 Å². The summed E-state index contributed by atoms with van der Waals surface area (Å²) in [5.41, 5.74) is 5.99. The van der Waals surface area contributed by atoms with Crippen molar-refractivity contribution < 1.29 is 9.53 Å². The van der Waals surface area contributed by atoms with Crippen LogP contribution >= 0.6 is 11.6 Å². The Hall–Kier alpha value is -3.17. The zero-order valence-corrected chi connectivity index (χ0v) is 18.7. The lowest BCUT2D eigenvalue weighted by Crippen LogP contribution is -2.28. The van der Waals surface area contributed by atoms with Crippen molar-refractivity contribution in [3.8, 4) is 11.1 Å². The van der Waals surface area contributed by atoms with Crippen LogP contribution < -0.4 is 15.5 Å². The Kier molecular flexibility index (Phi) is 5.44. The van der Waals surface area contributed by atoms with E-state index in [1.54, 1.807) is 13.1 Å². The number of aromatic nitrogens is 4. The minimum atomic E-state index is -0.338. The number of para-hydroxylation sites is 1. The van der Waals surface area contributed by atoms with Gasteiger partial charge in [0.05, 0.1) is 41.5 Å². The number of rotatable bonds is 4. The fraction of sp³-hybridized carbons (Fsp3) is 0.364. The van der Waals surface area contributed by atoms with Crippen LogP contribution in [0.5, 0.6) is 0 Å². The van der Waals surface area contributed by atoms with Gasteiger partial charge in [-0.15, -0.1) is 10.2 Å². The van der Waals surface area contributed by atoms with E-state index in [1.165, 1.54) is 5.69 Å². The molecule has 0 aliphatic carbocycles. The quantitative estimate of drug-likeness (QED) is 0.624. The van der Waals surface area contributed by atoms with Crippen LogP contribution in [0.4, 0.5) is 17.1 Å². The van der Waals surface area contributed by atoms with Crippen LogP contribution in [-0.4, -0.2) is 53.2 Å². The molecular formula is C22H24ClN7O2.